The molecule has 0 radical (unpaired) electrons. The molecule has 0 bridgehead atoms. The molecule has 1 saturated carbocycles. The maximum absolute atomic E-state index is 11.8. The Morgan fingerprint density at radius 2 is 1.94 bits per heavy atom. The van der Waals surface area contributed by atoms with Gasteiger partial charge in [0.2, 0.25) is 5.91 Å². The highest BCUT2D eigenvalue weighted by Crippen LogP contribution is 2.26. The van der Waals surface area contributed by atoms with E-state index >= 15 is 0 Å². The van der Waals surface area contributed by atoms with E-state index < -0.39 is 0 Å². The molecular formula is C14H18N2O2. The Kier molecular flexibility index (Phi) is 3.97. The molecule has 0 heterocycles. The second kappa shape index (κ2) is 5.67. The van der Waals surface area contributed by atoms with Crippen LogP contribution < -0.4 is 5.32 Å². The molecule has 1 aromatic rings. The van der Waals surface area contributed by atoms with Gasteiger partial charge in [0.25, 0.3) is 5.91 Å². The average Bonchev–Trinajstić information content (AvgIpc) is 3.19. The van der Waals surface area contributed by atoms with Gasteiger partial charge in [0.05, 0.1) is 0 Å². The van der Waals surface area contributed by atoms with E-state index in [1.807, 2.05) is 23.1 Å². The summed E-state index contributed by atoms with van der Waals surface area (Å²) in [5.74, 6) is 0.00126. The molecule has 0 unspecified atom stereocenters. The Morgan fingerprint density at radius 1 is 1.28 bits per heavy atom. The fourth-order valence-electron chi connectivity index (χ4n) is 1.96. The summed E-state index contributed by atoms with van der Waals surface area (Å²) in [5.41, 5.74) is 0.651. The van der Waals surface area contributed by atoms with Crippen molar-refractivity contribution in [3.63, 3.8) is 0 Å². The van der Waals surface area contributed by atoms with Crippen LogP contribution in [0.2, 0.25) is 0 Å². The van der Waals surface area contributed by atoms with Gasteiger partial charge in [-0.1, -0.05) is 18.2 Å². The Bertz CT molecular complexity index is 427. The minimum Gasteiger partial charge on any atom is -0.350 e. The summed E-state index contributed by atoms with van der Waals surface area (Å²) in [4.78, 5) is 25.0. The Hall–Kier alpha value is -1.84. The molecule has 1 N–H and O–H groups in total. The van der Waals surface area contributed by atoms with Gasteiger partial charge in [0, 0.05) is 31.6 Å². The van der Waals surface area contributed by atoms with Crippen molar-refractivity contribution < 1.29 is 9.59 Å². The molecule has 2 rings (SSSR count). The highest BCUT2D eigenvalue weighted by molar-refractivity contribution is 5.94. The molecule has 0 saturated heterocycles. The van der Waals surface area contributed by atoms with E-state index in [0.29, 0.717) is 24.7 Å². The van der Waals surface area contributed by atoms with Crippen molar-refractivity contribution in [1.29, 1.82) is 0 Å². The molecule has 2 amide bonds. The van der Waals surface area contributed by atoms with Crippen LogP contribution in [-0.4, -0.2) is 35.8 Å². The second-order valence-corrected chi connectivity index (χ2v) is 4.57. The lowest BCUT2D eigenvalue weighted by Gasteiger charge is -2.20. The molecule has 96 valence electrons. The molecule has 0 atom stereocenters. The predicted molar refractivity (Wildman–Crippen MR) is 69.2 cm³/mol. The van der Waals surface area contributed by atoms with Crippen molar-refractivity contribution in [2.45, 2.75) is 25.8 Å². The van der Waals surface area contributed by atoms with Crippen LogP contribution >= 0.6 is 0 Å². The van der Waals surface area contributed by atoms with Crippen molar-refractivity contribution >= 4 is 11.8 Å². The van der Waals surface area contributed by atoms with Gasteiger partial charge >= 0.3 is 0 Å². The number of rotatable bonds is 5. The van der Waals surface area contributed by atoms with Crippen molar-refractivity contribution in [1.82, 2.24) is 10.2 Å². The molecular weight excluding hydrogens is 228 g/mol. The van der Waals surface area contributed by atoms with Crippen molar-refractivity contribution in [2.24, 2.45) is 0 Å². The van der Waals surface area contributed by atoms with Crippen LogP contribution in [0, 0.1) is 0 Å². The summed E-state index contributed by atoms with van der Waals surface area (Å²) >= 11 is 0. The summed E-state index contributed by atoms with van der Waals surface area (Å²) in [7, 11) is 0. The van der Waals surface area contributed by atoms with Gasteiger partial charge in [-0.15, -0.1) is 0 Å². The number of nitrogens with zero attached hydrogens (tertiary/aromatic N) is 1. The van der Waals surface area contributed by atoms with Gasteiger partial charge in [0.1, 0.15) is 0 Å². The average molecular weight is 246 g/mol. The fourth-order valence-corrected chi connectivity index (χ4v) is 1.96. The summed E-state index contributed by atoms with van der Waals surface area (Å²) in [6, 6.07) is 9.50. The molecule has 0 aromatic heterocycles. The molecule has 18 heavy (non-hydrogen) atoms. The topological polar surface area (TPSA) is 49.4 Å². The first kappa shape index (κ1) is 12.6. The number of amides is 2. The van der Waals surface area contributed by atoms with E-state index in [1.165, 1.54) is 0 Å². The second-order valence-electron chi connectivity index (χ2n) is 4.57. The molecule has 1 aromatic carbocycles. The van der Waals surface area contributed by atoms with Crippen molar-refractivity contribution in [3.05, 3.63) is 35.9 Å². The van der Waals surface area contributed by atoms with E-state index in [2.05, 4.69) is 5.32 Å². The van der Waals surface area contributed by atoms with Crippen LogP contribution in [0.4, 0.5) is 0 Å². The third-order valence-corrected chi connectivity index (χ3v) is 3.07. The summed E-state index contributed by atoms with van der Waals surface area (Å²) in [6.07, 6.45) is 2.18. The van der Waals surface area contributed by atoms with Crippen LogP contribution in [0.1, 0.15) is 30.1 Å². The van der Waals surface area contributed by atoms with Gasteiger partial charge in [-0.25, -0.2) is 0 Å². The first-order chi connectivity index (χ1) is 8.68. The third-order valence-electron chi connectivity index (χ3n) is 3.07. The van der Waals surface area contributed by atoms with Crippen LogP contribution in [-0.2, 0) is 4.79 Å². The smallest absolute Gasteiger partial charge is 0.251 e. The number of carbonyl (C=O) groups excluding carboxylic acids is 2. The van der Waals surface area contributed by atoms with E-state index in [4.69, 9.17) is 0 Å². The first-order valence-corrected chi connectivity index (χ1v) is 6.29. The number of nitrogens with one attached hydrogen (secondary N) is 1. The minimum absolute atomic E-state index is 0.0881. The lowest BCUT2D eigenvalue weighted by atomic mass is 10.2. The lowest BCUT2D eigenvalue weighted by Crippen LogP contribution is -2.38. The predicted octanol–water partition coefficient (Wildman–Crippen LogP) is 1.43. The Balaban J connectivity index is 1.78. The summed E-state index contributed by atoms with van der Waals surface area (Å²) in [5, 5.41) is 2.83. The number of hydrogen-bond donors (Lipinski definition) is 1. The van der Waals surface area contributed by atoms with Crippen LogP contribution in [0.5, 0.6) is 0 Å². The van der Waals surface area contributed by atoms with E-state index in [1.54, 1.807) is 19.1 Å². The number of hydrogen-bond acceptors (Lipinski definition) is 2. The quantitative estimate of drug-likeness (QED) is 0.854. The van der Waals surface area contributed by atoms with Crippen molar-refractivity contribution in [3.8, 4) is 0 Å². The highest BCUT2D eigenvalue weighted by atomic mass is 16.2. The van der Waals surface area contributed by atoms with E-state index in [9.17, 15) is 9.59 Å². The molecule has 0 spiro atoms. The monoisotopic (exact) mass is 246 g/mol. The largest absolute Gasteiger partial charge is 0.350 e. The van der Waals surface area contributed by atoms with Crippen LogP contribution in [0.3, 0.4) is 0 Å². The molecule has 1 aliphatic carbocycles. The zero-order valence-electron chi connectivity index (χ0n) is 10.6. The highest BCUT2D eigenvalue weighted by Gasteiger charge is 2.30. The van der Waals surface area contributed by atoms with E-state index in [-0.39, 0.29) is 11.8 Å². The van der Waals surface area contributed by atoms with Crippen LogP contribution in [0.15, 0.2) is 30.3 Å². The zero-order valence-corrected chi connectivity index (χ0v) is 10.6. The van der Waals surface area contributed by atoms with Gasteiger partial charge < -0.3 is 10.2 Å². The van der Waals surface area contributed by atoms with Crippen LogP contribution in [0.25, 0.3) is 0 Å². The fraction of sp³-hybridized carbons (Fsp3) is 0.429. The Labute approximate surface area is 107 Å². The van der Waals surface area contributed by atoms with E-state index in [0.717, 1.165) is 12.8 Å². The summed E-state index contributed by atoms with van der Waals surface area (Å²) in [6.45, 7) is 2.68. The van der Waals surface area contributed by atoms with Gasteiger partial charge in [0.15, 0.2) is 0 Å². The molecule has 0 aliphatic heterocycles. The Morgan fingerprint density at radius 3 is 2.50 bits per heavy atom. The summed E-state index contributed by atoms with van der Waals surface area (Å²) < 4.78 is 0. The van der Waals surface area contributed by atoms with Gasteiger partial charge in [-0.3, -0.25) is 9.59 Å². The van der Waals surface area contributed by atoms with Gasteiger partial charge in [-0.05, 0) is 25.0 Å². The lowest BCUT2D eigenvalue weighted by molar-refractivity contribution is -0.129. The number of benzene rings is 1. The number of carbonyl (C=O) groups is 2. The standard InChI is InChI=1S/C14H18N2O2/c1-11(17)16(13-7-8-13)10-9-15-14(18)12-5-3-2-4-6-12/h2-6,13H,7-10H2,1H3,(H,15,18). The SMILES string of the molecule is CC(=O)N(CCNC(=O)c1ccccc1)C1CC1. The van der Waals surface area contributed by atoms with Gasteiger partial charge in [-0.2, -0.15) is 0 Å². The molecule has 1 aliphatic rings. The molecule has 4 nitrogen and oxygen atoms in total. The maximum atomic E-state index is 11.8. The first-order valence-electron chi connectivity index (χ1n) is 6.29. The normalized spacial score (nSPS) is 14.1. The molecule has 4 heteroatoms. The minimum atomic E-state index is -0.0881. The molecule has 1 fully saturated rings. The maximum Gasteiger partial charge on any atom is 0.251 e. The van der Waals surface area contributed by atoms with Crippen molar-refractivity contribution in [2.75, 3.05) is 13.1 Å². The third kappa shape index (κ3) is 3.32. The zero-order chi connectivity index (χ0) is 13.0.